The molecule has 0 aliphatic carbocycles. The van der Waals surface area contributed by atoms with Gasteiger partial charge in [-0.2, -0.15) is 0 Å². The summed E-state index contributed by atoms with van der Waals surface area (Å²) >= 11 is 0. The van der Waals surface area contributed by atoms with E-state index in [1.54, 1.807) is 37.3 Å². The highest BCUT2D eigenvalue weighted by molar-refractivity contribution is 5.81. The van der Waals surface area contributed by atoms with Crippen LogP contribution in [0.3, 0.4) is 0 Å². The van der Waals surface area contributed by atoms with Gasteiger partial charge in [-0.3, -0.25) is 4.79 Å². The summed E-state index contributed by atoms with van der Waals surface area (Å²) < 4.78 is 26.2. The van der Waals surface area contributed by atoms with E-state index in [0.717, 1.165) is 5.56 Å². The monoisotopic (exact) mass is 290 g/mol. The van der Waals surface area contributed by atoms with Crippen molar-refractivity contribution in [3.63, 3.8) is 0 Å². The van der Waals surface area contributed by atoms with Crippen LogP contribution >= 0.6 is 0 Å². The second-order valence-corrected chi connectivity index (χ2v) is 4.67. The minimum absolute atomic E-state index is 0.0352. The standard InChI is InChI=1S/C16H16F2N2O/c1-11(12-6-8-13(17)9-7-12)20-16(21)10-19-15-5-3-2-4-14(15)18/h2-9,11,19H,10H2,1H3,(H,20,21). The number of rotatable bonds is 5. The summed E-state index contributed by atoms with van der Waals surface area (Å²) in [5.41, 5.74) is 1.08. The first kappa shape index (κ1) is 15.0. The smallest absolute Gasteiger partial charge is 0.239 e. The van der Waals surface area contributed by atoms with Gasteiger partial charge in [0.15, 0.2) is 0 Å². The second-order valence-electron chi connectivity index (χ2n) is 4.67. The van der Waals surface area contributed by atoms with Gasteiger partial charge in [-0.05, 0) is 36.8 Å². The van der Waals surface area contributed by atoms with Crippen molar-refractivity contribution in [2.24, 2.45) is 0 Å². The number of amides is 1. The maximum atomic E-state index is 13.4. The number of hydrogen-bond acceptors (Lipinski definition) is 2. The zero-order valence-corrected chi connectivity index (χ0v) is 11.6. The van der Waals surface area contributed by atoms with Crippen molar-refractivity contribution in [1.29, 1.82) is 0 Å². The van der Waals surface area contributed by atoms with E-state index in [1.807, 2.05) is 0 Å². The van der Waals surface area contributed by atoms with Crippen LogP contribution in [0.5, 0.6) is 0 Å². The molecule has 0 saturated heterocycles. The first-order chi connectivity index (χ1) is 10.1. The second kappa shape index (κ2) is 6.83. The highest BCUT2D eigenvalue weighted by Gasteiger charge is 2.10. The Balaban J connectivity index is 1.87. The Labute approximate surface area is 122 Å². The molecule has 0 fully saturated rings. The molecule has 0 aliphatic heterocycles. The Bertz CT molecular complexity index is 614. The van der Waals surface area contributed by atoms with Gasteiger partial charge >= 0.3 is 0 Å². The average molecular weight is 290 g/mol. The molecule has 0 saturated carbocycles. The van der Waals surface area contributed by atoms with Crippen LogP contribution in [0.2, 0.25) is 0 Å². The third-order valence-corrected chi connectivity index (χ3v) is 3.06. The van der Waals surface area contributed by atoms with E-state index in [2.05, 4.69) is 10.6 Å². The van der Waals surface area contributed by atoms with Gasteiger partial charge in [0.1, 0.15) is 11.6 Å². The summed E-state index contributed by atoms with van der Waals surface area (Å²) in [6.45, 7) is 1.76. The Morgan fingerprint density at radius 2 is 1.76 bits per heavy atom. The van der Waals surface area contributed by atoms with E-state index in [1.165, 1.54) is 18.2 Å². The van der Waals surface area contributed by atoms with Gasteiger partial charge in [0, 0.05) is 0 Å². The van der Waals surface area contributed by atoms with Crippen LogP contribution in [0.4, 0.5) is 14.5 Å². The summed E-state index contributed by atoms with van der Waals surface area (Å²) in [6, 6.07) is 11.8. The van der Waals surface area contributed by atoms with E-state index in [9.17, 15) is 13.6 Å². The molecule has 21 heavy (non-hydrogen) atoms. The molecule has 3 nitrogen and oxygen atoms in total. The Hall–Kier alpha value is -2.43. The van der Waals surface area contributed by atoms with Crippen LogP contribution in [0.25, 0.3) is 0 Å². The lowest BCUT2D eigenvalue weighted by Crippen LogP contribution is -2.32. The topological polar surface area (TPSA) is 41.1 Å². The summed E-state index contributed by atoms with van der Waals surface area (Å²) in [7, 11) is 0. The van der Waals surface area contributed by atoms with Crippen molar-refractivity contribution in [2.75, 3.05) is 11.9 Å². The Kier molecular flexibility index (Phi) is 4.87. The Morgan fingerprint density at radius 3 is 2.43 bits per heavy atom. The van der Waals surface area contributed by atoms with E-state index in [-0.39, 0.29) is 30.0 Å². The number of para-hydroxylation sites is 1. The largest absolute Gasteiger partial charge is 0.374 e. The van der Waals surface area contributed by atoms with Crippen molar-refractivity contribution >= 4 is 11.6 Å². The van der Waals surface area contributed by atoms with Crippen molar-refractivity contribution in [2.45, 2.75) is 13.0 Å². The van der Waals surface area contributed by atoms with Crippen molar-refractivity contribution in [3.05, 3.63) is 65.7 Å². The molecule has 0 aliphatic rings. The molecular weight excluding hydrogens is 274 g/mol. The van der Waals surface area contributed by atoms with Crippen LogP contribution in [0.15, 0.2) is 48.5 Å². The highest BCUT2D eigenvalue weighted by Crippen LogP contribution is 2.14. The quantitative estimate of drug-likeness (QED) is 0.887. The van der Waals surface area contributed by atoms with Gasteiger partial charge in [-0.15, -0.1) is 0 Å². The molecule has 1 unspecified atom stereocenters. The fourth-order valence-corrected chi connectivity index (χ4v) is 1.91. The fourth-order valence-electron chi connectivity index (χ4n) is 1.91. The molecular formula is C16H16F2N2O. The first-order valence-corrected chi connectivity index (χ1v) is 6.59. The molecule has 0 bridgehead atoms. The number of carbonyl (C=O) groups excluding carboxylic acids is 1. The van der Waals surface area contributed by atoms with Crippen LogP contribution in [0, 0.1) is 11.6 Å². The van der Waals surface area contributed by atoms with Crippen LogP contribution in [-0.2, 0) is 4.79 Å². The third kappa shape index (κ3) is 4.27. The molecule has 2 rings (SSSR count). The summed E-state index contributed by atoms with van der Waals surface area (Å²) in [6.07, 6.45) is 0. The van der Waals surface area contributed by atoms with E-state index >= 15 is 0 Å². The van der Waals surface area contributed by atoms with Crippen molar-refractivity contribution < 1.29 is 13.6 Å². The molecule has 0 heterocycles. The SMILES string of the molecule is CC(NC(=O)CNc1ccccc1F)c1ccc(F)cc1. The molecule has 0 aromatic heterocycles. The lowest BCUT2D eigenvalue weighted by Gasteiger charge is -2.15. The minimum atomic E-state index is -0.406. The van der Waals surface area contributed by atoms with Gasteiger partial charge in [0.2, 0.25) is 5.91 Å². The molecule has 1 atom stereocenters. The molecule has 1 amide bonds. The fraction of sp³-hybridized carbons (Fsp3) is 0.188. The van der Waals surface area contributed by atoms with Crippen LogP contribution < -0.4 is 10.6 Å². The molecule has 5 heteroatoms. The predicted octanol–water partition coefficient (Wildman–Crippen LogP) is 3.25. The van der Waals surface area contributed by atoms with Crippen LogP contribution in [-0.4, -0.2) is 12.5 Å². The molecule has 110 valence electrons. The highest BCUT2D eigenvalue weighted by atomic mass is 19.1. The molecule has 0 radical (unpaired) electrons. The lowest BCUT2D eigenvalue weighted by molar-refractivity contribution is -0.120. The third-order valence-electron chi connectivity index (χ3n) is 3.06. The average Bonchev–Trinajstić information content (AvgIpc) is 2.47. The van der Waals surface area contributed by atoms with E-state index in [4.69, 9.17) is 0 Å². The minimum Gasteiger partial charge on any atom is -0.374 e. The number of benzene rings is 2. The molecule has 2 aromatic carbocycles. The molecule has 2 aromatic rings. The lowest BCUT2D eigenvalue weighted by atomic mass is 10.1. The van der Waals surface area contributed by atoms with Crippen molar-refractivity contribution in [3.8, 4) is 0 Å². The number of hydrogen-bond donors (Lipinski definition) is 2. The maximum absolute atomic E-state index is 13.4. The van der Waals surface area contributed by atoms with Crippen molar-refractivity contribution in [1.82, 2.24) is 5.32 Å². The van der Waals surface area contributed by atoms with Gasteiger partial charge in [0.25, 0.3) is 0 Å². The van der Waals surface area contributed by atoms with E-state index in [0.29, 0.717) is 0 Å². The van der Waals surface area contributed by atoms with Gasteiger partial charge in [-0.25, -0.2) is 8.78 Å². The number of carbonyl (C=O) groups is 1. The van der Waals surface area contributed by atoms with Gasteiger partial charge in [0.05, 0.1) is 18.3 Å². The summed E-state index contributed by atoms with van der Waals surface area (Å²) in [5.74, 6) is -0.995. The summed E-state index contributed by atoms with van der Waals surface area (Å²) in [5, 5.41) is 5.49. The first-order valence-electron chi connectivity index (χ1n) is 6.59. The number of nitrogens with one attached hydrogen (secondary N) is 2. The normalized spacial score (nSPS) is 11.8. The zero-order valence-electron chi connectivity index (χ0n) is 11.6. The van der Waals surface area contributed by atoms with E-state index < -0.39 is 5.82 Å². The van der Waals surface area contributed by atoms with Gasteiger partial charge in [-0.1, -0.05) is 24.3 Å². The van der Waals surface area contributed by atoms with Crippen LogP contribution in [0.1, 0.15) is 18.5 Å². The molecule has 0 spiro atoms. The van der Waals surface area contributed by atoms with Gasteiger partial charge < -0.3 is 10.6 Å². The summed E-state index contributed by atoms with van der Waals surface area (Å²) in [4.78, 5) is 11.8. The molecule has 2 N–H and O–H groups in total. The maximum Gasteiger partial charge on any atom is 0.239 e. The Morgan fingerprint density at radius 1 is 1.10 bits per heavy atom. The zero-order chi connectivity index (χ0) is 15.2. The number of anilines is 1. The predicted molar refractivity (Wildman–Crippen MR) is 77.8 cm³/mol. The number of halogens is 2.